The van der Waals surface area contributed by atoms with Crippen molar-refractivity contribution in [2.24, 2.45) is 0 Å². The second-order valence-corrected chi connectivity index (χ2v) is 14.9. The van der Waals surface area contributed by atoms with Crippen LogP contribution >= 0.6 is 0 Å². The molecule has 1 atom stereocenters. The van der Waals surface area contributed by atoms with Gasteiger partial charge >= 0.3 is 11.9 Å². The van der Waals surface area contributed by atoms with Crippen molar-refractivity contribution >= 4 is 11.9 Å². The van der Waals surface area contributed by atoms with Crippen LogP contribution in [0.3, 0.4) is 0 Å². The summed E-state index contributed by atoms with van der Waals surface area (Å²) in [6, 6.07) is 0. The highest BCUT2D eigenvalue weighted by Crippen LogP contribution is 2.19. The van der Waals surface area contributed by atoms with Gasteiger partial charge in [-0.05, 0) is 77.0 Å². The number of carboxylic acid groups (broad SMARTS) is 1. The van der Waals surface area contributed by atoms with E-state index in [1.165, 1.54) is 116 Å². The van der Waals surface area contributed by atoms with Crippen molar-refractivity contribution in [3.8, 4) is 0 Å². The third kappa shape index (κ3) is 42.2. The molecule has 0 bridgehead atoms. The molecule has 0 aromatic rings. The van der Waals surface area contributed by atoms with Crippen LogP contribution in [-0.4, -0.2) is 23.1 Å². The lowest BCUT2D eigenvalue weighted by atomic mass is 10.0. The molecule has 0 spiro atoms. The second-order valence-electron chi connectivity index (χ2n) is 14.9. The molecule has 1 N–H and O–H groups in total. The number of carboxylic acids is 1. The van der Waals surface area contributed by atoms with Crippen LogP contribution in [0.25, 0.3) is 0 Å². The zero-order valence-corrected chi connectivity index (χ0v) is 33.9. The molecule has 0 aromatic carbocycles. The summed E-state index contributed by atoms with van der Waals surface area (Å²) >= 11 is 0. The zero-order chi connectivity index (χ0) is 37.1. The lowest BCUT2D eigenvalue weighted by Crippen LogP contribution is -2.18. The van der Waals surface area contributed by atoms with E-state index in [-0.39, 0.29) is 18.5 Å². The van der Waals surface area contributed by atoms with Crippen molar-refractivity contribution in [2.45, 2.75) is 238 Å². The number of carbonyl (C=O) groups is 2. The fraction of sp³-hybridized carbons (Fsp3) is 0.787. The largest absolute Gasteiger partial charge is 0.481 e. The smallest absolute Gasteiger partial charge is 0.306 e. The Morgan fingerprint density at radius 1 is 0.451 bits per heavy atom. The molecule has 1 unspecified atom stereocenters. The van der Waals surface area contributed by atoms with Gasteiger partial charge in [-0.2, -0.15) is 0 Å². The molecule has 296 valence electrons. The maximum absolute atomic E-state index is 12.7. The van der Waals surface area contributed by atoms with Crippen LogP contribution < -0.4 is 0 Å². The number of esters is 1. The maximum Gasteiger partial charge on any atom is 0.306 e. The van der Waals surface area contributed by atoms with Crippen molar-refractivity contribution in [3.63, 3.8) is 0 Å². The van der Waals surface area contributed by atoms with E-state index in [0.717, 1.165) is 89.9 Å². The standard InChI is InChI=1S/C47H84O4/c1-3-5-7-9-11-13-15-17-18-19-20-21-22-23-24-25-27-29-31-36-40-44-47(50)51-45(42-38-34-32-35-39-43-46(48)49)41-37-33-30-28-26-16-14-12-10-8-6-4-2/h5,7,11,13,17-18,20-21,45H,3-4,6,8-10,12,14-16,19,22-44H2,1-2H3,(H,48,49)/b7-5-,13-11-,18-17-,21-20-. The fourth-order valence-electron chi connectivity index (χ4n) is 6.59. The summed E-state index contributed by atoms with van der Waals surface area (Å²) in [4.78, 5) is 23.5. The number of allylic oxidation sites excluding steroid dienone is 8. The molecule has 0 amide bonds. The predicted molar refractivity (Wildman–Crippen MR) is 222 cm³/mol. The Labute approximate surface area is 317 Å². The van der Waals surface area contributed by atoms with Crippen LogP contribution in [0, 0.1) is 0 Å². The number of hydrogen-bond acceptors (Lipinski definition) is 3. The first kappa shape index (κ1) is 48.9. The van der Waals surface area contributed by atoms with Gasteiger partial charge in [-0.1, -0.05) is 191 Å². The van der Waals surface area contributed by atoms with Crippen LogP contribution in [-0.2, 0) is 14.3 Å². The highest BCUT2D eigenvalue weighted by atomic mass is 16.5. The van der Waals surface area contributed by atoms with Crippen molar-refractivity contribution < 1.29 is 19.4 Å². The molecule has 51 heavy (non-hydrogen) atoms. The van der Waals surface area contributed by atoms with Gasteiger partial charge in [0, 0.05) is 12.8 Å². The average molecular weight is 713 g/mol. The number of aliphatic carboxylic acids is 1. The quantitative estimate of drug-likeness (QED) is 0.0390. The molecule has 0 aromatic heterocycles. The molecule has 0 aliphatic rings. The van der Waals surface area contributed by atoms with Gasteiger partial charge in [-0.15, -0.1) is 0 Å². The first-order valence-electron chi connectivity index (χ1n) is 22.1. The summed E-state index contributed by atoms with van der Waals surface area (Å²) in [5, 5.41) is 8.84. The molecular weight excluding hydrogens is 629 g/mol. The highest BCUT2D eigenvalue weighted by Gasteiger charge is 2.14. The number of unbranched alkanes of at least 4 members (excludes halogenated alkanes) is 23. The van der Waals surface area contributed by atoms with Crippen molar-refractivity contribution in [3.05, 3.63) is 48.6 Å². The average Bonchev–Trinajstić information content (AvgIpc) is 3.12. The molecule has 0 radical (unpaired) electrons. The lowest BCUT2D eigenvalue weighted by molar-refractivity contribution is -0.150. The Morgan fingerprint density at radius 2 is 0.824 bits per heavy atom. The van der Waals surface area contributed by atoms with Gasteiger partial charge in [-0.25, -0.2) is 0 Å². The SMILES string of the molecule is CC/C=C\C/C=C\C/C=C\C/C=C\CCCCCCCCCCC(=O)OC(CCCCCCCCCCCCCC)CCCCCCCC(=O)O. The molecule has 0 aliphatic carbocycles. The fourth-order valence-corrected chi connectivity index (χ4v) is 6.59. The van der Waals surface area contributed by atoms with Crippen LogP contribution in [0.15, 0.2) is 48.6 Å². The van der Waals surface area contributed by atoms with E-state index in [2.05, 4.69) is 62.5 Å². The highest BCUT2D eigenvalue weighted by molar-refractivity contribution is 5.69. The predicted octanol–water partition coefficient (Wildman–Crippen LogP) is 15.5. The minimum atomic E-state index is -0.700. The molecule has 0 fully saturated rings. The molecular formula is C47H84O4. The summed E-state index contributed by atoms with van der Waals surface area (Å²) in [6.07, 6.45) is 57.1. The second kappa shape index (κ2) is 42.3. The van der Waals surface area contributed by atoms with Crippen molar-refractivity contribution in [2.75, 3.05) is 0 Å². The zero-order valence-electron chi connectivity index (χ0n) is 33.9. The minimum Gasteiger partial charge on any atom is -0.481 e. The van der Waals surface area contributed by atoms with Gasteiger partial charge in [0.1, 0.15) is 6.10 Å². The number of ether oxygens (including phenoxy) is 1. The van der Waals surface area contributed by atoms with E-state index in [9.17, 15) is 9.59 Å². The van der Waals surface area contributed by atoms with Crippen LogP contribution in [0.1, 0.15) is 232 Å². The molecule has 4 nitrogen and oxygen atoms in total. The number of hydrogen-bond donors (Lipinski definition) is 1. The molecule has 0 heterocycles. The number of carbonyl (C=O) groups excluding carboxylic acids is 1. The van der Waals surface area contributed by atoms with E-state index < -0.39 is 5.97 Å². The van der Waals surface area contributed by atoms with E-state index in [1.807, 2.05) is 0 Å². The third-order valence-corrected chi connectivity index (χ3v) is 9.82. The van der Waals surface area contributed by atoms with E-state index in [1.54, 1.807) is 0 Å². The summed E-state index contributed by atoms with van der Waals surface area (Å²) in [5.41, 5.74) is 0. The van der Waals surface area contributed by atoms with E-state index >= 15 is 0 Å². The van der Waals surface area contributed by atoms with Gasteiger partial charge in [0.25, 0.3) is 0 Å². The van der Waals surface area contributed by atoms with Gasteiger partial charge in [0.05, 0.1) is 0 Å². The first-order valence-corrected chi connectivity index (χ1v) is 22.1. The summed E-state index contributed by atoms with van der Waals surface area (Å²) in [5.74, 6) is -0.704. The Kier molecular flexibility index (Phi) is 40.6. The van der Waals surface area contributed by atoms with Crippen LogP contribution in [0.2, 0.25) is 0 Å². The Hall–Kier alpha value is -2.10. The van der Waals surface area contributed by atoms with Crippen molar-refractivity contribution in [1.82, 2.24) is 0 Å². The topological polar surface area (TPSA) is 63.6 Å². The Morgan fingerprint density at radius 3 is 1.27 bits per heavy atom. The van der Waals surface area contributed by atoms with Crippen LogP contribution in [0.5, 0.6) is 0 Å². The first-order chi connectivity index (χ1) is 25.1. The molecule has 0 rings (SSSR count). The summed E-state index contributed by atoms with van der Waals surface area (Å²) in [7, 11) is 0. The van der Waals surface area contributed by atoms with Crippen molar-refractivity contribution in [1.29, 1.82) is 0 Å². The van der Waals surface area contributed by atoms with E-state index in [4.69, 9.17) is 9.84 Å². The summed E-state index contributed by atoms with van der Waals surface area (Å²) < 4.78 is 6.02. The minimum absolute atomic E-state index is 0.00348. The molecule has 0 aliphatic heterocycles. The van der Waals surface area contributed by atoms with Gasteiger partial charge in [-0.3, -0.25) is 9.59 Å². The molecule has 0 saturated heterocycles. The van der Waals surface area contributed by atoms with Crippen LogP contribution in [0.4, 0.5) is 0 Å². The Bertz CT molecular complexity index is 854. The summed E-state index contributed by atoms with van der Waals surface area (Å²) in [6.45, 7) is 4.44. The maximum atomic E-state index is 12.7. The number of rotatable bonds is 40. The molecule has 0 saturated carbocycles. The van der Waals surface area contributed by atoms with Gasteiger partial charge < -0.3 is 9.84 Å². The van der Waals surface area contributed by atoms with Gasteiger partial charge in [0.15, 0.2) is 0 Å². The monoisotopic (exact) mass is 713 g/mol. The molecule has 4 heteroatoms. The lowest BCUT2D eigenvalue weighted by Gasteiger charge is -2.18. The normalized spacial score (nSPS) is 12.7. The van der Waals surface area contributed by atoms with Gasteiger partial charge in [0.2, 0.25) is 0 Å². The Balaban J connectivity index is 3.97. The third-order valence-electron chi connectivity index (χ3n) is 9.82. The van der Waals surface area contributed by atoms with E-state index in [0.29, 0.717) is 6.42 Å².